The number of rotatable bonds is 4. The average Bonchev–Trinajstić information content (AvgIpc) is 3.35. The van der Waals surface area contributed by atoms with Crippen LogP contribution in [-0.4, -0.2) is 33.7 Å². The van der Waals surface area contributed by atoms with Gasteiger partial charge in [0.15, 0.2) is 0 Å². The molecule has 0 radical (unpaired) electrons. The predicted octanol–water partition coefficient (Wildman–Crippen LogP) is 3.09. The monoisotopic (exact) mass is 403 g/mol. The van der Waals surface area contributed by atoms with Gasteiger partial charge in [-0.05, 0) is 29.7 Å². The Balaban J connectivity index is 1.57. The molecule has 8 nitrogen and oxygen atoms in total. The Bertz CT molecular complexity index is 1080. The number of hydrogen-bond acceptors (Lipinski definition) is 6. The lowest BCUT2D eigenvalue weighted by Gasteiger charge is -2.31. The van der Waals surface area contributed by atoms with Crippen LogP contribution in [0.4, 0.5) is 11.9 Å². The Morgan fingerprint density at radius 1 is 0.967 bits per heavy atom. The number of benzene rings is 2. The number of nitrogens with one attached hydrogen (secondary N) is 1. The van der Waals surface area contributed by atoms with Crippen LogP contribution in [0, 0.1) is 0 Å². The van der Waals surface area contributed by atoms with Crippen LogP contribution in [0.15, 0.2) is 54.6 Å². The van der Waals surface area contributed by atoms with Crippen molar-refractivity contribution in [2.24, 2.45) is 0 Å². The van der Waals surface area contributed by atoms with Gasteiger partial charge in [-0.2, -0.15) is 4.98 Å². The van der Waals surface area contributed by atoms with Crippen molar-refractivity contribution in [1.29, 1.82) is 0 Å². The van der Waals surface area contributed by atoms with E-state index >= 15 is 0 Å². The molecule has 0 aliphatic carbocycles. The zero-order valence-corrected chi connectivity index (χ0v) is 16.5. The lowest BCUT2D eigenvalue weighted by Crippen LogP contribution is -2.30. The van der Waals surface area contributed by atoms with Gasteiger partial charge in [-0.3, -0.25) is 9.59 Å². The highest BCUT2D eigenvalue weighted by Gasteiger charge is 2.37. The Morgan fingerprint density at radius 3 is 2.33 bits per heavy atom. The summed E-state index contributed by atoms with van der Waals surface area (Å²) in [5, 5.41) is 7.98. The van der Waals surface area contributed by atoms with Crippen molar-refractivity contribution in [2.45, 2.75) is 31.3 Å². The van der Waals surface area contributed by atoms with Gasteiger partial charge in [0.1, 0.15) is 5.75 Å². The quantitative estimate of drug-likeness (QED) is 0.674. The molecule has 1 fully saturated rings. The number of methoxy groups -OCH3 is 1. The zero-order valence-electron chi connectivity index (χ0n) is 16.5. The van der Waals surface area contributed by atoms with E-state index in [1.165, 1.54) is 0 Å². The summed E-state index contributed by atoms with van der Waals surface area (Å²) in [6, 6.07) is 17.9. The van der Waals surface area contributed by atoms with Gasteiger partial charge in [0, 0.05) is 12.8 Å². The largest absolute Gasteiger partial charge is 0.497 e. The van der Waals surface area contributed by atoms with Crippen molar-refractivity contribution < 1.29 is 14.3 Å². The first-order valence-corrected chi connectivity index (χ1v) is 9.92. The Kier molecular flexibility index (Phi) is 4.46. The minimum Gasteiger partial charge on any atom is -0.497 e. The van der Waals surface area contributed by atoms with E-state index in [2.05, 4.69) is 27.5 Å². The van der Waals surface area contributed by atoms with Gasteiger partial charge in [0.2, 0.25) is 17.8 Å². The molecule has 3 heterocycles. The number of aromatic nitrogens is 3. The lowest BCUT2D eigenvalue weighted by molar-refractivity contribution is -0.121. The SMILES string of the molecule is COc1ccc([C@@H]2C[C@H](c3ccccc3)Nc3nc(N4C(=O)CCC4=O)nn32)cc1. The molecule has 2 atom stereocenters. The molecule has 5 rings (SSSR count). The first kappa shape index (κ1) is 18.4. The molecule has 0 saturated carbocycles. The maximum atomic E-state index is 12.2. The molecule has 3 aromatic rings. The number of ether oxygens (including phenoxy) is 1. The normalized spacial score (nSPS) is 20.8. The summed E-state index contributed by atoms with van der Waals surface area (Å²) >= 11 is 0. The number of amides is 2. The molecule has 1 saturated heterocycles. The summed E-state index contributed by atoms with van der Waals surface area (Å²) in [5.74, 6) is 0.933. The number of carbonyl (C=O) groups is 2. The Morgan fingerprint density at radius 2 is 1.67 bits per heavy atom. The zero-order chi connectivity index (χ0) is 20.7. The van der Waals surface area contributed by atoms with E-state index in [0.717, 1.165) is 28.2 Å². The van der Waals surface area contributed by atoms with Crippen molar-refractivity contribution in [3.8, 4) is 5.75 Å². The van der Waals surface area contributed by atoms with Crippen LogP contribution < -0.4 is 15.0 Å². The minimum atomic E-state index is -0.261. The molecule has 30 heavy (non-hydrogen) atoms. The number of nitrogens with zero attached hydrogens (tertiary/aromatic N) is 4. The van der Waals surface area contributed by atoms with E-state index < -0.39 is 0 Å². The standard InChI is InChI=1S/C22H21N5O3/c1-30-16-9-7-15(8-10-16)18-13-17(14-5-3-2-4-6-14)23-21-24-22(25-27(18)21)26-19(28)11-12-20(26)29/h2-10,17-18H,11-13H2,1H3,(H,23,24,25)/t17-,18+/m1/s1. The van der Waals surface area contributed by atoms with E-state index in [1.54, 1.807) is 11.8 Å². The molecular formula is C22H21N5O3. The number of anilines is 2. The lowest BCUT2D eigenvalue weighted by atomic mass is 9.93. The average molecular weight is 403 g/mol. The second-order valence-electron chi connectivity index (χ2n) is 7.44. The van der Waals surface area contributed by atoms with Gasteiger partial charge in [-0.25, -0.2) is 9.58 Å². The van der Waals surface area contributed by atoms with Gasteiger partial charge >= 0.3 is 0 Å². The fourth-order valence-electron chi connectivity index (χ4n) is 4.07. The summed E-state index contributed by atoms with van der Waals surface area (Å²) in [7, 11) is 1.64. The molecule has 1 aromatic heterocycles. The van der Waals surface area contributed by atoms with Crippen LogP contribution in [-0.2, 0) is 9.59 Å². The second-order valence-corrected chi connectivity index (χ2v) is 7.44. The maximum absolute atomic E-state index is 12.2. The molecule has 0 unspecified atom stereocenters. The van der Waals surface area contributed by atoms with Crippen molar-refractivity contribution >= 4 is 23.7 Å². The molecule has 2 aromatic carbocycles. The number of imide groups is 1. The van der Waals surface area contributed by atoms with Crippen LogP contribution in [0.2, 0.25) is 0 Å². The molecule has 2 aliphatic heterocycles. The summed E-state index contributed by atoms with van der Waals surface area (Å²) in [6.07, 6.45) is 1.14. The maximum Gasteiger partial charge on any atom is 0.260 e. The summed E-state index contributed by atoms with van der Waals surface area (Å²) < 4.78 is 7.06. The first-order chi connectivity index (χ1) is 14.6. The number of hydrogen-bond donors (Lipinski definition) is 1. The number of fused-ring (bicyclic) bond motifs is 1. The fraction of sp³-hybridized carbons (Fsp3) is 0.273. The fourth-order valence-corrected chi connectivity index (χ4v) is 4.07. The second kappa shape index (κ2) is 7.29. The van der Waals surface area contributed by atoms with Gasteiger partial charge in [-0.15, -0.1) is 5.10 Å². The Labute approximate surface area is 173 Å². The highest BCUT2D eigenvalue weighted by atomic mass is 16.5. The van der Waals surface area contributed by atoms with E-state index in [9.17, 15) is 9.59 Å². The first-order valence-electron chi connectivity index (χ1n) is 9.92. The van der Waals surface area contributed by atoms with Crippen LogP contribution in [0.3, 0.4) is 0 Å². The molecule has 1 N–H and O–H groups in total. The molecular weight excluding hydrogens is 382 g/mol. The molecule has 0 spiro atoms. The van der Waals surface area contributed by atoms with Gasteiger partial charge in [0.25, 0.3) is 5.95 Å². The van der Waals surface area contributed by atoms with E-state index in [4.69, 9.17) is 4.74 Å². The van der Waals surface area contributed by atoms with Crippen molar-refractivity contribution in [2.75, 3.05) is 17.3 Å². The van der Waals surface area contributed by atoms with Gasteiger partial charge in [-0.1, -0.05) is 42.5 Å². The van der Waals surface area contributed by atoms with Crippen molar-refractivity contribution in [1.82, 2.24) is 14.8 Å². The van der Waals surface area contributed by atoms with Gasteiger partial charge < -0.3 is 10.1 Å². The van der Waals surface area contributed by atoms with Crippen molar-refractivity contribution in [3.63, 3.8) is 0 Å². The molecule has 2 aliphatic rings. The molecule has 0 bridgehead atoms. The molecule has 8 heteroatoms. The van der Waals surface area contributed by atoms with Gasteiger partial charge in [0.05, 0.1) is 19.2 Å². The number of carbonyl (C=O) groups excluding carboxylic acids is 2. The van der Waals surface area contributed by atoms with E-state index in [-0.39, 0.29) is 42.7 Å². The van der Waals surface area contributed by atoms with Crippen LogP contribution in [0.1, 0.15) is 42.5 Å². The third-order valence-electron chi connectivity index (χ3n) is 5.63. The third-order valence-corrected chi connectivity index (χ3v) is 5.63. The van der Waals surface area contributed by atoms with Crippen LogP contribution in [0.25, 0.3) is 0 Å². The van der Waals surface area contributed by atoms with E-state index in [1.807, 2.05) is 42.5 Å². The van der Waals surface area contributed by atoms with E-state index in [0.29, 0.717) is 5.95 Å². The third kappa shape index (κ3) is 3.10. The minimum absolute atomic E-state index is 0.0211. The highest BCUT2D eigenvalue weighted by Crippen LogP contribution is 2.39. The van der Waals surface area contributed by atoms with Crippen LogP contribution >= 0.6 is 0 Å². The van der Waals surface area contributed by atoms with Crippen molar-refractivity contribution in [3.05, 3.63) is 65.7 Å². The summed E-state index contributed by atoms with van der Waals surface area (Å²) in [4.78, 5) is 30.0. The topological polar surface area (TPSA) is 89.3 Å². The molecule has 2 amide bonds. The highest BCUT2D eigenvalue weighted by molar-refractivity contribution is 6.18. The summed E-state index contributed by atoms with van der Waals surface area (Å²) in [6.45, 7) is 0. The predicted molar refractivity (Wildman–Crippen MR) is 110 cm³/mol. The summed E-state index contributed by atoms with van der Waals surface area (Å²) in [5.41, 5.74) is 2.19. The smallest absolute Gasteiger partial charge is 0.260 e. The Hall–Kier alpha value is -3.68. The van der Waals surface area contributed by atoms with Crippen LogP contribution in [0.5, 0.6) is 5.75 Å². The molecule has 152 valence electrons.